The zero-order valence-electron chi connectivity index (χ0n) is 21.0. The number of anilines is 1. The van der Waals surface area contributed by atoms with Gasteiger partial charge in [0.1, 0.15) is 17.1 Å². The molecule has 1 amide bonds. The van der Waals surface area contributed by atoms with Gasteiger partial charge >= 0.3 is 0 Å². The van der Waals surface area contributed by atoms with E-state index in [4.69, 9.17) is 4.74 Å². The minimum absolute atomic E-state index is 0.0271. The largest absolute Gasteiger partial charge is 0.507 e. The summed E-state index contributed by atoms with van der Waals surface area (Å²) in [4.78, 5) is 29.4. The summed E-state index contributed by atoms with van der Waals surface area (Å²) in [5.74, 6) is 0.574. The second kappa shape index (κ2) is 9.89. The summed E-state index contributed by atoms with van der Waals surface area (Å²) in [6.07, 6.45) is 7.25. The van der Waals surface area contributed by atoms with Crippen LogP contribution >= 0.6 is 0 Å². The maximum Gasteiger partial charge on any atom is 0.257 e. The monoisotopic (exact) mass is 505 g/mol. The highest BCUT2D eigenvalue weighted by Crippen LogP contribution is 2.36. The van der Waals surface area contributed by atoms with E-state index in [0.29, 0.717) is 18.7 Å². The van der Waals surface area contributed by atoms with Gasteiger partial charge in [-0.15, -0.1) is 0 Å². The van der Waals surface area contributed by atoms with Gasteiger partial charge in [0, 0.05) is 78.7 Å². The molecule has 0 saturated carbocycles. The van der Waals surface area contributed by atoms with Crippen molar-refractivity contribution in [3.63, 3.8) is 0 Å². The summed E-state index contributed by atoms with van der Waals surface area (Å²) in [5, 5.41) is 11.5. The van der Waals surface area contributed by atoms with Crippen molar-refractivity contribution in [3.8, 4) is 33.8 Å². The molecular weight excluding hydrogens is 478 g/mol. The van der Waals surface area contributed by atoms with E-state index in [1.165, 1.54) is 0 Å². The van der Waals surface area contributed by atoms with Gasteiger partial charge in [-0.3, -0.25) is 9.78 Å². The second-order valence-corrected chi connectivity index (χ2v) is 9.24. The molecule has 0 radical (unpaired) electrons. The molecule has 190 valence electrons. The Balaban J connectivity index is 1.28. The van der Waals surface area contributed by atoms with E-state index >= 15 is 0 Å². The van der Waals surface area contributed by atoms with E-state index in [9.17, 15) is 9.90 Å². The molecule has 1 fully saturated rings. The molecule has 2 N–H and O–H groups in total. The summed E-state index contributed by atoms with van der Waals surface area (Å²) in [6.45, 7) is 2.58. The zero-order chi connectivity index (χ0) is 26.1. The first-order valence-corrected chi connectivity index (χ1v) is 12.5. The minimum atomic E-state index is -0.177. The number of benzene rings is 2. The van der Waals surface area contributed by atoms with Crippen molar-refractivity contribution < 1.29 is 14.6 Å². The molecule has 0 atom stereocenters. The standard InChI is InChI=1S/C30H27N5O3/c1-38-28-5-3-2-4-23(28)26-19-33-29-24(26)17-21(18-32-29)20-6-7-27(36)25(16-20)30(37)35-14-12-34(13-15-35)22-8-10-31-11-9-22/h2-11,16-19,36H,12-15H2,1H3,(H,32,33). The quantitative estimate of drug-likeness (QED) is 0.350. The fraction of sp³-hybridized carbons (Fsp3) is 0.167. The molecule has 6 rings (SSSR count). The number of carbonyl (C=O) groups is 1. The Kier molecular flexibility index (Phi) is 6.13. The number of nitrogens with one attached hydrogen (secondary N) is 1. The SMILES string of the molecule is COc1ccccc1-c1c[nH]c2ncc(-c3ccc(O)c(C(=O)N4CCN(c5ccncc5)CC4)c3)cc12. The van der Waals surface area contributed by atoms with Gasteiger partial charge in [0.15, 0.2) is 0 Å². The third-order valence-electron chi connectivity index (χ3n) is 7.08. The number of ether oxygens (including phenoxy) is 1. The number of fused-ring (bicyclic) bond motifs is 1. The highest BCUT2D eigenvalue weighted by atomic mass is 16.5. The Bertz CT molecular complexity index is 1610. The number of phenolic OH excluding ortho intramolecular Hbond substituents is 1. The third-order valence-corrected chi connectivity index (χ3v) is 7.08. The van der Waals surface area contributed by atoms with E-state index in [2.05, 4.69) is 25.9 Å². The average Bonchev–Trinajstić information content (AvgIpc) is 3.41. The van der Waals surface area contributed by atoms with Gasteiger partial charge in [-0.25, -0.2) is 4.98 Å². The molecule has 1 aliphatic heterocycles. The van der Waals surface area contributed by atoms with Crippen LogP contribution in [0.15, 0.2) is 85.5 Å². The van der Waals surface area contributed by atoms with Gasteiger partial charge in [0.25, 0.3) is 5.91 Å². The molecular formula is C30H27N5O3. The van der Waals surface area contributed by atoms with Crippen LogP contribution in [0, 0.1) is 0 Å². The Labute approximate surface area is 220 Å². The molecule has 1 saturated heterocycles. The number of aromatic hydroxyl groups is 1. The summed E-state index contributed by atoms with van der Waals surface area (Å²) >= 11 is 0. The highest BCUT2D eigenvalue weighted by Gasteiger charge is 2.25. The van der Waals surface area contributed by atoms with Crippen molar-refractivity contribution in [2.24, 2.45) is 0 Å². The molecule has 38 heavy (non-hydrogen) atoms. The molecule has 8 nitrogen and oxygen atoms in total. The molecule has 0 bridgehead atoms. The average molecular weight is 506 g/mol. The van der Waals surface area contributed by atoms with Crippen molar-refractivity contribution in [2.45, 2.75) is 0 Å². The Hall–Kier alpha value is -4.85. The molecule has 5 aromatic rings. The zero-order valence-corrected chi connectivity index (χ0v) is 21.0. The highest BCUT2D eigenvalue weighted by molar-refractivity contribution is 6.00. The normalized spacial score (nSPS) is 13.6. The number of piperazine rings is 1. The predicted molar refractivity (Wildman–Crippen MR) is 148 cm³/mol. The lowest BCUT2D eigenvalue weighted by Gasteiger charge is -2.36. The third kappa shape index (κ3) is 4.30. The summed E-state index contributed by atoms with van der Waals surface area (Å²) in [5.41, 5.74) is 5.75. The van der Waals surface area contributed by atoms with E-state index in [0.717, 1.165) is 57.8 Å². The van der Waals surface area contributed by atoms with Gasteiger partial charge in [-0.05, 0) is 42.0 Å². The Morgan fingerprint density at radius 3 is 2.53 bits per heavy atom. The van der Waals surface area contributed by atoms with E-state index in [1.54, 1.807) is 42.7 Å². The van der Waals surface area contributed by atoms with Crippen LogP contribution in [0.3, 0.4) is 0 Å². The van der Waals surface area contributed by atoms with E-state index in [-0.39, 0.29) is 11.7 Å². The number of carbonyl (C=O) groups excluding carboxylic acids is 1. The minimum Gasteiger partial charge on any atom is -0.507 e. The first-order chi connectivity index (χ1) is 18.6. The van der Waals surface area contributed by atoms with Gasteiger partial charge in [0.2, 0.25) is 0 Å². The van der Waals surface area contributed by atoms with Crippen molar-refractivity contribution in [1.29, 1.82) is 0 Å². The lowest BCUT2D eigenvalue weighted by atomic mass is 9.99. The maximum atomic E-state index is 13.4. The summed E-state index contributed by atoms with van der Waals surface area (Å²) in [6, 6.07) is 19.0. The van der Waals surface area contributed by atoms with Gasteiger partial charge < -0.3 is 24.6 Å². The molecule has 3 aromatic heterocycles. The molecule has 8 heteroatoms. The molecule has 2 aromatic carbocycles. The number of aromatic amines is 1. The fourth-order valence-corrected chi connectivity index (χ4v) is 5.03. The van der Waals surface area contributed by atoms with Crippen LogP contribution in [0.25, 0.3) is 33.3 Å². The first-order valence-electron chi connectivity index (χ1n) is 12.5. The van der Waals surface area contributed by atoms with Crippen LogP contribution in [0.5, 0.6) is 11.5 Å². The number of hydrogen-bond acceptors (Lipinski definition) is 6. The number of hydrogen-bond donors (Lipinski definition) is 2. The molecule has 0 unspecified atom stereocenters. The van der Waals surface area contributed by atoms with Crippen molar-refractivity contribution >= 4 is 22.6 Å². The number of rotatable bonds is 5. The number of H-pyrrole nitrogens is 1. The van der Waals surface area contributed by atoms with Crippen molar-refractivity contribution in [1.82, 2.24) is 19.9 Å². The van der Waals surface area contributed by atoms with E-state index in [1.807, 2.05) is 48.7 Å². The smallest absolute Gasteiger partial charge is 0.257 e. The number of pyridine rings is 2. The van der Waals surface area contributed by atoms with Crippen molar-refractivity contribution in [3.05, 3.63) is 91.0 Å². The lowest BCUT2D eigenvalue weighted by molar-refractivity contribution is 0.0744. The van der Waals surface area contributed by atoms with Crippen LogP contribution in [0.2, 0.25) is 0 Å². The maximum absolute atomic E-state index is 13.4. The van der Waals surface area contributed by atoms with Crippen molar-refractivity contribution in [2.75, 3.05) is 38.2 Å². The number of phenols is 1. The summed E-state index contributed by atoms with van der Waals surface area (Å²) < 4.78 is 5.57. The molecule has 0 aliphatic carbocycles. The van der Waals surface area contributed by atoms with Crippen LogP contribution in [-0.4, -0.2) is 64.2 Å². The number of methoxy groups -OCH3 is 1. The molecule has 1 aliphatic rings. The van der Waals surface area contributed by atoms with Crippen LogP contribution in [-0.2, 0) is 0 Å². The first kappa shape index (κ1) is 23.5. The summed E-state index contributed by atoms with van der Waals surface area (Å²) in [7, 11) is 1.66. The van der Waals surface area contributed by atoms with Gasteiger partial charge in [-0.1, -0.05) is 24.3 Å². The number of amides is 1. The predicted octanol–water partition coefficient (Wildman–Crippen LogP) is 4.97. The molecule has 0 spiro atoms. The van der Waals surface area contributed by atoms with Crippen LogP contribution in [0.4, 0.5) is 5.69 Å². The Morgan fingerprint density at radius 1 is 0.947 bits per heavy atom. The fourth-order valence-electron chi connectivity index (χ4n) is 5.03. The number of nitrogens with zero attached hydrogens (tertiary/aromatic N) is 4. The Morgan fingerprint density at radius 2 is 1.74 bits per heavy atom. The number of aromatic nitrogens is 3. The number of para-hydroxylation sites is 1. The lowest BCUT2D eigenvalue weighted by Crippen LogP contribution is -2.48. The van der Waals surface area contributed by atoms with Gasteiger partial charge in [-0.2, -0.15) is 0 Å². The molecule has 4 heterocycles. The topological polar surface area (TPSA) is 94.6 Å². The second-order valence-electron chi connectivity index (χ2n) is 9.24. The van der Waals surface area contributed by atoms with E-state index < -0.39 is 0 Å². The van der Waals surface area contributed by atoms with Gasteiger partial charge in [0.05, 0.1) is 12.7 Å². The van der Waals surface area contributed by atoms with Crippen LogP contribution in [0.1, 0.15) is 10.4 Å². The van der Waals surface area contributed by atoms with Crippen LogP contribution < -0.4 is 9.64 Å².